The summed E-state index contributed by atoms with van der Waals surface area (Å²) in [4.78, 5) is 11.4. The second kappa shape index (κ2) is 5.35. The average Bonchev–Trinajstić information content (AvgIpc) is 2.92. The van der Waals surface area contributed by atoms with E-state index in [1.807, 2.05) is 0 Å². The molecule has 0 bridgehead atoms. The molecule has 25 heavy (non-hydrogen) atoms. The van der Waals surface area contributed by atoms with Gasteiger partial charge in [0.2, 0.25) is 0 Å². The molecule has 4 rings (SSSR count). The van der Waals surface area contributed by atoms with E-state index in [1.54, 1.807) is 18.2 Å². The molecule has 0 saturated carbocycles. The Morgan fingerprint density at radius 1 is 1.08 bits per heavy atom. The minimum absolute atomic E-state index is 0.186. The van der Waals surface area contributed by atoms with Crippen LogP contribution in [0.3, 0.4) is 0 Å². The van der Waals surface area contributed by atoms with Crippen LogP contribution in [0.15, 0.2) is 36.4 Å². The van der Waals surface area contributed by atoms with E-state index in [2.05, 4.69) is 39.0 Å². The molecule has 0 amide bonds. The van der Waals surface area contributed by atoms with Crippen molar-refractivity contribution in [1.29, 1.82) is 0 Å². The molecule has 0 spiro atoms. The average molecular weight is 336 g/mol. The predicted octanol–water partition coefficient (Wildman–Crippen LogP) is 4.70. The molecule has 1 N–H and O–H groups in total. The van der Waals surface area contributed by atoms with Crippen LogP contribution in [-0.4, -0.2) is 17.7 Å². The van der Waals surface area contributed by atoms with E-state index in [9.17, 15) is 9.90 Å². The Labute approximate surface area is 148 Å². The van der Waals surface area contributed by atoms with Crippen molar-refractivity contribution < 1.29 is 14.6 Å². The summed E-state index contributed by atoms with van der Waals surface area (Å²) in [5.41, 5.74) is 5.24. The first-order valence-electron chi connectivity index (χ1n) is 8.96. The van der Waals surface area contributed by atoms with Crippen LogP contribution in [0, 0.1) is 0 Å². The monoisotopic (exact) mass is 336 g/mol. The number of rotatable bonds is 2. The number of benzene rings is 2. The van der Waals surface area contributed by atoms with Gasteiger partial charge in [-0.25, -0.2) is 4.79 Å². The van der Waals surface area contributed by atoms with Crippen molar-refractivity contribution in [3.8, 4) is 5.75 Å². The number of carboxylic acids is 1. The summed E-state index contributed by atoms with van der Waals surface area (Å²) in [6.45, 7) is 7.34. The molecule has 1 unspecified atom stereocenters. The molecule has 1 aliphatic carbocycles. The zero-order valence-corrected chi connectivity index (χ0v) is 15.1. The molecule has 2 aromatic rings. The Balaban J connectivity index is 1.84. The second-order valence-electron chi connectivity index (χ2n) is 8.25. The highest BCUT2D eigenvalue weighted by molar-refractivity contribution is 5.88. The SMILES string of the molecule is CC1(C)CCCc2ccc(C3(C)COc4ccc(C(=O)O)cc43)cc21. The van der Waals surface area contributed by atoms with Gasteiger partial charge in [-0.3, -0.25) is 0 Å². The standard InChI is InChI=1S/C22H24O3/c1-21(2)10-4-5-14-6-8-16(12-17(14)21)22(3)13-25-19-9-7-15(20(23)24)11-18(19)22/h6-9,11-12H,4-5,10,13H2,1-3H3,(H,23,24). The number of fused-ring (bicyclic) bond motifs is 2. The Morgan fingerprint density at radius 2 is 1.88 bits per heavy atom. The van der Waals surface area contributed by atoms with Gasteiger partial charge in [-0.2, -0.15) is 0 Å². The first kappa shape index (κ1) is 16.2. The molecule has 0 fully saturated rings. The fourth-order valence-electron chi connectivity index (χ4n) is 4.38. The fraction of sp³-hybridized carbons (Fsp3) is 0.409. The summed E-state index contributed by atoms with van der Waals surface area (Å²) in [5.74, 6) is -0.104. The van der Waals surface area contributed by atoms with Crippen molar-refractivity contribution in [2.24, 2.45) is 0 Å². The van der Waals surface area contributed by atoms with E-state index in [1.165, 1.54) is 29.5 Å². The van der Waals surface area contributed by atoms with Crippen LogP contribution >= 0.6 is 0 Å². The molecule has 2 aliphatic rings. The van der Waals surface area contributed by atoms with Crippen molar-refractivity contribution in [1.82, 2.24) is 0 Å². The molecular formula is C22H24O3. The molecule has 0 saturated heterocycles. The van der Waals surface area contributed by atoms with Gasteiger partial charge >= 0.3 is 5.97 Å². The van der Waals surface area contributed by atoms with Crippen LogP contribution in [0.5, 0.6) is 5.75 Å². The minimum atomic E-state index is -0.899. The van der Waals surface area contributed by atoms with Crippen molar-refractivity contribution in [2.75, 3.05) is 6.61 Å². The summed E-state index contributed by atoms with van der Waals surface area (Å²) < 4.78 is 5.91. The largest absolute Gasteiger partial charge is 0.492 e. The van der Waals surface area contributed by atoms with Crippen molar-refractivity contribution in [3.63, 3.8) is 0 Å². The van der Waals surface area contributed by atoms with Gasteiger partial charge in [0, 0.05) is 5.56 Å². The zero-order chi connectivity index (χ0) is 17.8. The Kier molecular flexibility index (Phi) is 3.47. The molecule has 3 heteroatoms. The van der Waals surface area contributed by atoms with Gasteiger partial charge in [-0.1, -0.05) is 32.0 Å². The molecule has 0 aromatic heterocycles. The molecule has 1 atom stereocenters. The molecular weight excluding hydrogens is 312 g/mol. The van der Waals surface area contributed by atoms with Gasteiger partial charge in [-0.05, 0) is 66.5 Å². The predicted molar refractivity (Wildman–Crippen MR) is 97.8 cm³/mol. The highest BCUT2D eigenvalue weighted by atomic mass is 16.5. The van der Waals surface area contributed by atoms with Crippen LogP contribution in [0.1, 0.15) is 66.2 Å². The number of carboxylic acid groups (broad SMARTS) is 1. The molecule has 2 aromatic carbocycles. The smallest absolute Gasteiger partial charge is 0.335 e. The van der Waals surface area contributed by atoms with Gasteiger partial charge in [0.25, 0.3) is 0 Å². The number of carbonyl (C=O) groups is 1. The van der Waals surface area contributed by atoms with E-state index in [-0.39, 0.29) is 10.8 Å². The van der Waals surface area contributed by atoms with Crippen LogP contribution in [0.25, 0.3) is 0 Å². The molecule has 1 heterocycles. The third kappa shape index (κ3) is 2.45. The van der Waals surface area contributed by atoms with E-state index < -0.39 is 5.97 Å². The lowest BCUT2D eigenvalue weighted by Crippen LogP contribution is -2.29. The third-order valence-corrected chi connectivity index (χ3v) is 6.06. The van der Waals surface area contributed by atoms with Gasteiger partial charge in [-0.15, -0.1) is 0 Å². The van der Waals surface area contributed by atoms with Gasteiger partial charge in [0.05, 0.1) is 11.0 Å². The highest BCUT2D eigenvalue weighted by Crippen LogP contribution is 2.46. The quantitative estimate of drug-likeness (QED) is 0.865. The van der Waals surface area contributed by atoms with Gasteiger partial charge < -0.3 is 9.84 Å². The van der Waals surface area contributed by atoms with Crippen molar-refractivity contribution >= 4 is 5.97 Å². The van der Waals surface area contributed by atoms with E-state index in [0.717, 1.165) is 17.7 Å². The van der Waals surface area contributed by atoms with Crippen LogP contribution in [-0.2, 0) is 17.3 Å². The lowest BCUT2D eigenvalue weighted by molar-refractivity contribution is 0.0696. The number of hydrogen-bond acceptors (Lipinski definition) is 2. The Hall–Kier alpha value is -2.29. The van der Waals surface area contributed by atoms with E-state index in [0.29, 0.717) is 12.2 Å². The summed E-state index contributed by atoms with van der Waals surface area (Å²) in [5, 5.41) is 9.34. The lowest BCUT2D eigenvalue weighted by Gasteiger charge is -2.34. The summed E-state index contributed by atoms with van der Waals surface area (Å²) >= 11 is 0. The first-order valence-corrected chi connectivity index (χ1v) is 8.96. The molecule has 0 radical (unpaired) electrons. The van der Waals surface area contributed by atoms with E-state index >= 15 is 0 Å². The Bertz CT molecular complexity index is 866. The number of aryl methyl sites for hydroxylation is 1. The maximum Gasteiger partial charge on any atom is 0.335 e. The lowest BCUT2D eigenvalue weighted by atomic mass is 9.69. The molecule has 1 aliphatic heterocycles. The van der Waals surface area contributed by atoms with Crippen molar-refractivity contribution in [2.45, 2.75) is 50.9 Å². The normalized spacial score (nSPS) is 23.5. The summed E-state index contributed by atoms with van der Waals surface area (Å²) in [6, 6.07) is 12.0. The van der Waals surface area contributed by atoms with Gasteiger partial charge in [0.15, 0.2) is 0 Å². The summed E-state index contributed by atoms with van der Waals surface area (Å²) in [7, 11) is 0. The highest BCUT2D eigenvalue weighted by Gasteiger charge is 2.40. The second-order valence-corrected chi connectivity index (χ2v) is 8.25. The number of ether oxygens (including phenoxy) is 1. The summed E-state index contributed by atoms with van der Waals surface area (Å²) in [6.07, 6.45) is 3.59. The van der Waals surface area contributed by atoms with Crippen molar-refractivity contribution in [3.05, 3.63) is 64.2 Å². The van der Waals surface area contributed by atoms with Crippen LogP contribution < -0.4 is 4.74 Å². The number of aromatic carboxylic acids is 1. The molecule has 3 nitrogen and oxygen atoms in total. The van der Waals surface area contributed by atoms with E-state index in [4.69, 9.17) is 4.74 Å². The van der Waals surface area contributed by atoms with Crippen LogP contribution in [0.4, 0.5) is 0 Å². The maximum atomic E-state index is 11.4. The zero-order valence-electron chi connectivity index (χ0n) is 15.1. The molecule has 130 valence electrons. The van der Waals surface area contributed by atoms with Crippen LogP contribution in [0.2, 0.25) is 0 Å². The maximum absolute atomic E-state index is 11.4. The topological polar surface area (TPSA) is 46.5 Å². The third-order valence-electron chi connectivity index (χ3n) is 6.06. The minimum Gasteiger partial charge on any atom is -0.492 e. The number of hydrogen-bond donors (Lipinski definition) is 1. The van der Waals surface area contributed by atoms with Gasteiger partial charge in [0.1, 0.15) is 12.4 Å². The Morgan fingerprint density at radius 3 is 2.64 bits per heavy atom. The first-order chi connectivity index (χ1) is 11.8. The fourth-order valence-corrected chi connectivity index (χ4v) is 4.38.